The summed E-state index contributed by atoms with van der Waals surface area (Å²) in [7, 11) is 0. The van der Waals surface area contributed by atoms with Gasteiger partial charge in [-0.05, 0) is 19.9 Å². The number of aliphatic hydroxyl groups excluding tert-OH is 1. The van der Waals surface area contributed by atoms with E-state index in [9.17, 15) is 19.1 Å². The van der Waals surface area contributed by atoms with E-state index in [1.807, 2.05) is 6.92 Å². The number of carbonyl (C=O) groups excluding carboxylic acids is 2. The zero-order valence-corrected chi connectivity index (χ0v) is 16.4. The number of aliphatic hydroxyl groups is 1. The zero-order valence-electron chi connectivity index (χ0n) is 15.6. The van der Waals surface area contributed by atoms with Crippen LogP contribution in [0.4, 0.5) is 9.52 Å². The van der Waals surface area contributed by atoms with Crippen molar-refractivity contribution in [3.05, 3.63) is 81.6 Å². The van der Waals surface area contributed by atoms with Crippen molar-refractivity contribution < 1.29 is 19.1 Å². The highest BCUT2D eigenvalue weighted by molar-refractivity contribution is 7.15. The summed E-state index contributed by atoms with van der Waals surface area (Å²) in [4.78, 5) is 26.9. The lowest BCUT2D eigenvalue weighted by atomic mass is 9.95. The Morgan fingerprint density at radius 2 is 1.76 bits per heavy atom. The predicted molar refractivity (Wildman–Crippen MR) is 107 cm³/mol. The van der Waals surface area contributed by atoms with Crippen molar-refractivity contribution in [1.82, 2.24) is 10.2 Å². The van der Waals surface area contributed by atoms with Gasteiger partial charge in [-0.25, -0.2) is 4.39 Å². The Kier molecular flexibility index (Phi) is 4.71. The number of nitrogens with zero attached hydrogens (tertiary/aromatic N) is 3. The molecule has 1 N–H and O–H groups in total. The van der Waals surface area contributed by atoms with Crippen molar-refractivity contribution in [2.45, 2.75) is 19.9 Å². The maximum Gasteiger partial charge on any atom is 0.301 e. The molecule has 8 heteroatoms. The number of carbonyl (C=O) groups is 2. The van der Waals surface area contributed by atoms with Crippen molar-refractivity contribution in [2.24, 2.45) is 0 Å². The van der Waals surface area contributed by atoms with Crippen LogP contribution < -0.4 is 4.90 Å². The first-order chi connectivity index (χ1) is 13.9. The van der Waals surface area contributed by atoms with Gasteiger partial charge in [0.25, 0.3) is 5.78 Å². The average molecular weight is 409 g/mol. The number of hydrogen-bond donors (Lipinski definition) is 1. The monoisotopic (exact) mass is 409 g/mol. The van der Waals surface area contributed by atoms with E-state index in [1.54, 1.807) is 37.3 Å². The van der Waals surface area contributed by atoms with Gasteiger partial charge in [0.15, 0.2) is 0 Å². The molecule has 2 aromatic carbocycles. The molecule has 0 bridgehead atoms. The highest BCUT2D eigenvalue weighted by Crippen LogP contribution is 2.43. The van der Waals surface area contributed by atoms with Gasteiger partial charge in [-0.1, -0.05) is 59.4 Å². The van der Waals surface area contributed by atoms with Gasteiger partial charge < -0.3 is 5.11 Å². The van der Waals surface area contributed by atoms with Crippen LogP contribution in [0.25, 0.3) is 5.76 Å². The average Bonchev–Trinajstić information content (AvgIpc) is 3.23. The van der Waals surface area contributed by atoms with E-state index in [-0.39, 0.29) is 22.0 Å². The second-order valence-electron chi connectivity index (χ2n) is 6.66. The van der Waals surface area contributed by atoms with Crippen LogP contribution in [-0.2, 0) is 9.59 Å². The minimum absolute atomic E-state index is 0.0909. The van der Waals surface area contributed by atoms with Crippen molar-refractivity contribution in [2.75, 3.05) is 4.90 Å². The lowest BCUT2D eigenvalue weighted by molar-refractivity contribution is -0.132. The van der Waals surface area contributed by atoms with Gasteiger partial charge in [-0.15, -0.1) is 10.2 Å². The normalized spacial score (nSPS) is 18.4. The second kappa shape index (κ2) is 7.21. The van der Waals surface area contributed by atoms with Gasteiger partial charge in [0, 0.05) is 11.1 Å². The van der Waals surface area contributed by atoms with Crippen LogP contribution in [0.15, 0.2) is 54.1 Å². The van der Waals surface area contributed by atoms with Gasteiger partial charge in [0.05, 0.1) is 5.57 Å². The Hall–Kier alpha value is -3.39. The SMILES string of the molecule is Cc1ccc(/C(O)=C2\C(=O)C(=O)N(c3nnc(C)s3)C2c2ccccc2F)cc1. The van der Waals surface area contributed by atoms with Crippen molar-refractivity contribution in [3.63, 3.8) is 0 Å². The van der Waals surface area contributed by atoms with Gasteiger partial charge in [-0.2, -0.15) is 0 Å². The van der Waals surface area contributed by atoms with Crippen LogP contribution in [0.2, 0.25) is 0 Å². The minimum atomic E-state index is -1.15. The standard InChI is InChI=1S/C21H16FN3O3S/c1-11-7-9-13(10-8-11)18(26)16-17(14-5-3-4-6-15(14)22)25(20(28)19(16)27)21-24-23-12(2)29-21/h3-10,17,26H,1-2H3/b18-16+. The molecule has 2 heterocycles. The van der Waals surface area contributed by atoms with Crippen LogP contribution in [-0.4, -0.2) is 27.0 Å². The molecule has 4 rings (SSSR count). The summed E-state index contributed by atoms with van der Waals surface area (Å²) in [5, 5.41) is 19.5. The molecule has 1 atom stereocenters. The third-order valence-electron chi connectivity index (χ3n) is 4.69. The molecule has 0 saturated carbocycles. The van der Waals surface area contributed by atoms with Crippen molar-refractivity contribution >= 4 is 33.9 Å². The van der Waals surface area contributed by atoms with E-state index >= 15 is 0 Å². The molecule has 1 fully saturated rings. The van der Waals surface area contributed by atoms with E-state index in [4.69, 9.17) is 0 Å². The van der Waals surface area contributed by atoms with Crippen LogP contribution in [0.5, 0.6) is 0 Å². The Morgan fingerprint density at radius 1 is 1.07 bits per heavy atom. The summed E-state index contributed by atoms with van der Waals surface area (Å²) in [6, 6.07) is 11.5. The Bertz CT molecular complexity index is 1150. The molecule has 1 aliphatic rings. The van der Waals surface area contributed by atoms with Crippen LogP contribution in [0.3, 0.4) is 0 Å². The van der Waals surface area contributed by atoms with Crippen molar-refractivity contribution in [3.8, 4) is 0 Å². The Morgan fingerprint density at radius 3 is 2.38 bits per heavy atom. The molecule has 6 nitrogen and oxygen atoms in total. The fraction of sp³-hybridized carbons (Fsp3) is 0.143. The third-order valence-corrected chi connectivity index (χ3v) is 5.53. The van der Waals surface area contributed by atoms with Crippen molar-refractivity contribution in [1.29, 1.82) is 0 Å². The zero-order chi connectivity index (χ0) is 20.7. The third kappa shape index (κ3) is 3.21. The fourth-order valence-corrected chi connectivity index (χ4v) is 3.99. The molecule has 1 saturated heterocycles. The summed E-state index contributed by atoms with van der Waals surface area (Å²) < 4.78 is 14.7. The number of halogens is 1. The molecule has 3 aromatic rings. The molecule has 0 aliphatic carbocycles. The van der Waals surface area contributed by atoms with Crippen LogP contribution >= 0.6 is 11.3 Å². The molecular weight excluding hydrogens is 393 g/mol. The van der Waals surface area contributed by atoms with E-state index in [1.165, 1.54) is 18.2 Å². The number of ketones is 1. The molecule has 1 aliphatic heterocycles. The second-order valence-corrected chi connectivity index (χ2v) is 7.82. The van der Waals surface area contributed by atoms with Crippen LogP contribution in [0, 0.1) is 19.7 Å². The van der Waals surface area contributed by atoms with Crippen LogP contribution in [0.1, 0.15) is 27.7 Å². The molecule has 0 spiro atoms. The topological polar surface area (TPSA) is 83.4 Å². The van der Waals surface area contributed by atoms with E-state index in [0.717, 1.165) is 21.8 Å². The van der Waals surface area contributed by atoms with E-state index in [2.05, 4.69) is 10.2 Å². The number of amides is 1. The van der Waals surface area contributed by atoms with Gasteiger partial charge in [0.1, 0.15) is 22.6 Å². The summed E-state index contributed by atoms with van der Waals surface area (Å²) in [6.07, 6.45) is 0. The number of aromatic nitrogens is 2. The molecular formula is C21H16FN3O3S. The summed E-state index contributed by atoms with van der Waals surface area (Å²) in [5.74, 6) is -2.74. The molecule has 29 heavy (non-hydrogen) atoms. The first-order valence-corrected chi connectivity index (χ1v) is 9.62. The van der Waals surface area contributed by atoms with Gasteiger partial charge in [-0.3, -0.25) is 14.5 Å². The number of aryl methyl sites for hydroxylation is 2. The first-order valence-electron chi connectivity index (χ1n) is 8.81. The first kappa shape index (κ1) is 18.9. The van der Waals surface area contributed by atoms with E-state index < -0.39 is 23.5 Å². The summed E-state index contributed by atoms with van der Waals surface area (Å²) in [6.45, 7) is 3.60. The quantitative estimate of drug-likeness (QED) is 0.403. The highest BCUT2D eigenvalue weighted by atomic mass is 32.1. The molecule has 1 unspecified atom stereocenters. The maximum atomic E-state index is 14.7. The highest BCUT2D eigenvalue weighted by Gasteiger charge is 2.49. The smallest absolute Gasteiger partial charge is 0.301 e. The predicted octanol–water partition coefficient (Wildman–Crippen LogP) is 3.92. The largest absolute Gasteiger partial charge is 0.507 e. The number of hydrogen-bond acceptors (Lipinski definition) is 6. The number of Topliss-reactive ketones (excluding diaryl/α,β-unsaturated/α-hetero) is 1. The van der Waals surface area contributed by atoms with Gasteiger partial charge in [0.2, 0.25) is 5.13 Å². The molecule has 146 valence electrons. The maximum absolute atomic E-state index is 14.7. The Balaban J connectivity index is 1.97. The molecule has 1 amide bonds. The Labute approximate surface area is 169 Å². The summed E-state index contributed by atoms with van der Waals surface area (Å²) in [5.41, 5.74) is 1.24. The lowest BCUT2D eigenvalue weighted by Crippen LogP contribution is -2.29. The lowest BCUT2D eigenvalue weighted by Gasteiger charge is -2.22. The number of rotatable bonds is 3. The number of benzene rings is 2. The summed E-state index contributed by atoms with van der Waals surface area (Å²) >= 11 is 1.11. The minimum Gasteiger partial charge on any atom is -0.507 e. The number of anilines is 1. The van der Waals surface area contributed by atoms with Gasteiger partial charge >= 0.3 is 5.91 Å². The molecule has 1 aromatic heterocycles. The molecule has 0 radical (unpaired) electrons. The van der Waals surface area contributed by atoms with E-state index in [0.29, 0.717) is 10.6 Å². The fourth-order valence-electron chi connectivity index (χ4n) is 3.27.